The number of carbonyl (C=O) groups is 1. The molecule has 0 aliphatic heterocycles. The Morgan fingerprint density at radius 2 is 1.78 bits per heavy atom. The zero-order chi connectivity index (χ0) is 26.1. The molecule has 5 rings (SSSR count). The van der Waals surface area contributed by atoms with E-state index in [0.717, 1.165) is 49.5 Å². The van der Waals surface area contributed by atoms with Crippen molar-refractivity contribution in [3.8, 4) is 0 Å². The van der Waals surface area contributed by atoms with Gasteiger partial charge in [-0.05, 0) is 63.2 Å². The van der Waals surface area contributed by atoms with Gasteiger partial charge in [0.05, 0.1) is 6.10 Å². The normalized spacial score (nSPS) is 27.4. The molecule has 5 N–H and O–H groups in total. The van der Waals surface area contributed by atoms with Gasteiger partial charge in [0, 0.05) is 18.5 Å². The molecule has 3 atom stereocenters. The highest BCUT2D eigenvalue weighted by Gasteiger charge is 2.33. The first-order valence-corrected chi connectivity index (χ1v) is 14.1. The molecule has 0 aromatic carbocycles. The van der Waals surface area contributed by atoms with Crippen LogP contribution < -0.4 is 10.6 Å². The Morgan fingerprint density at radius 1 is 1.05 bits per heavy atom. The average molecular weight is 512 g/mol. The molecule has 3 saturated carbocycles. The van der Waals surface area contributed by atoms with Crippen LogP contribution in [0.3, 0.4) is 0 Å². The molecule has 2 unspecified atom stereocenters. The lowest BCUT2D eigenvalue weighted by Crippen LogP contribution is -2.33. The van der Waals surface area contributed by atoms with Crippen LogP contribution in [0.2, 0.25) is 0 Å². The summed E-state index contributed by atoms with van der Waals surface area (Å²) in [5, 5.41) is 34.1. The number of hydrogen-bond donors (Lipinski definition) is 5. The maximum absolute atomic E-state index is 11.2. The van der Waals surface area contributed by atoms with E-state index in [2.05, 4.69) is 39.0 Å². The number of amidine groups is 1. The minimum absolute atomic E-state index is 0.00472. The number of aliphatic hydroxyl groups is 1. The molecule has 3 fully saturated rings. The van der Waals surface area contributed by atoms with Crippen molar-refractivity contribution in [2.75, 3.05) is 5.32 Å². The minimum Gasteiger partial charge on any atom is -0.465 e. The van der Waals surface area contributed by atoms with E-state index in [1.165, 1.54) is 44.9 Å². The summed E-state index contributed by atoms with van der Waals surface area (Å²) in [6.45, 7) is 5.29. The fraction of sp³-hybridized carbons (Fsp3) is 0.741. The van der Waals surface area contributed by atoms with Crippen molar-refractivity contribution in [1.29, 1.82) is 5.41 Å². The summed E-state index contributed by atoms with van der Waals surface area (Å²) in [6.07, 6.45) is 10.3. The third-order valence-corrected chi connectivity index (χ3v) is 8.95. The number of aromatic nitrogens is 4. The van der Waals surface area contributed by atoms with E-state index in [4.69, 9.17) is 15.5 Å². The monoisotopic (exact) mass is 511 g/mol. The van der Waals surface area contributed by atoms with Gasteiger partial charge in [-0.1, -0.05) is 39.0 Å². The molecule has 3 aliphatic carbocycles. The van der Waals surface area contributed by atoms with Gasteiger partial charge in [0.1, 0.15) is 11.3 Å². The fourth-order valence-corrected chi connectivity index (χ4v) is 6.35. The Bertz CT molecular complexity index is 1140. The van der Waals surface area contributed by atoms with E-state index >= 15 is 0 Å². The van der Waals surface area contributed by atoms with Crippen molar-refractivity contribution in [2.24, 2.45) is 17.8 Å². The minimum atomic E-state index is -1.32. The SMILES string of the molecule is C[C@@H](Nc1nc(C(=N)NC(=O)O)nc2nc(C3CCCCC3O)n(C[C@H]3CC[C@H](C)CC3)c12)C1CCC1. The Kier molecular flexibility index (Phi) is 7.65. The van der Waals surface area contributed by atoms with Gasteiger partial charge in [0.15, 0.2) is 23.1 Å². The number of imidazole rings is 1. The van der Waals surface area contributed by atoms with Gasteiger partial charge in [0.25, 0.3) is 0 Å². The van der Waals surface area contributed by atoms with Crippen LogP contribution in [0.25, 0.3) is 11.2 Å². The van der Waals surface area contributed by atoms with Gasteiger partial charge in [-0.2, -0.15) is 0 Å². The molecule has 2 aromatic heterocycles. The van der Waals surface area contributed by atoms with E-state index < -0.39 is 12.2 Å². The van der Waals surface area contributed by atoms with Gasteiger partial charge in [0.2, 0.25) is 0 Å². The van der Waals surface area contributed by atoms with Gasteiger partial charge in [-0.25, -0.2) is 19.7 Å². The van der Waals surface area contributed by atoms with Gasteiger partial charge < -0.3 is 20.1 Å². The van der Waals surface area contributed by atoms with Gasteiger partial charge >= 0.3 is 6.09 Å². The first-order chi connectivity index (χ1) is 17.8. The number of aliphatic hydroxyl groups excluding tert-OH is 1. The van der Waals surface area contributed by atoms with E-state index in [1.54, 1.807) is 0 Å². The van der Waals surface area contributed by atoms with Crippen LogP contribution in [0.15, 0.2) is 0 Å². The number of fused-ring (bicyclic) bond motifs is 1. The second-order valence-corrected chi connectivity index (χ2v) is 11.7. The molecule has 1 amide bonds. The van der Waals surface area contributed by atoms with E-state index in [9.17, 15) is 9.90 Å². The first kappa shape index (κ1) is 25.9. The second-order valence-electron chi connectivity index (χ2n) is 11.7. The molecule has 37 heavy (non-hydrogen) atoms. The third-order valence-electron chi connectivity index (χ3n) is 8.95. The summed E-state index contributed by atoms with van der Waals surface area (Å²) in [5.74, 6) is 2.86. The first-order valence-electron chi connectivity index (χ1n) is 14.1. The van der Waals surface area contributed by atoms with Crippen molar-refractivity contribution in [3.05, 3.63) is 11.6 Å². The lowest BCUT2D eigenvalue weighted by Gasteiger charge is -2.33. The highest BCUT2D eigenvalue weighted by atomic mass is 16.4. The van der Waals surface area contributed by atoms with E-state index in [1.807, 2.05) is 0 Å². The molecule has 202 valence electrons. The largest absolute Gasteiger partial charge is 0.465 e. The zero-order valence-electron chi connectivity index (χ0n) is 22.0. The average Bonchev–Trinajstić information content (AvgIpc) is 3.17. The molecule has 2 aromatic rings. The zero-order valence-corrected chi connectivity index (χ0v) is 22.0. The van der Waals surface area contributed by atoms with Crippen LogP contribution >= 0.6 is 0 Å². The summed E-state index contributed by atoms with van der Waals surface area (Å²) in [6, 6.07) is 0.184. The molecule has 10 nitrogen and oxygen atoms in total. The van der Waals surface area contributed by atoms with Crippen LogP contribution in [0.5, 0.6) is 0 Å². The number of hydrogen-bond acceptors (Lipinski definition) is 7. The molecule has 3 aliphatic rings. The highest BCUT2D eigenvalue weighted by Crippen LogP contribution is 2.38. The van der Waals surface area contributed by atoms with Crippen LogP contribution in [-0.2, 0) is 6.54 Å². The van der Waals surface area contributed by atoms with Gasteiger partial charge in [-0.3, -0.25) is 10.7 Å². The summed E-state index contributed by atoms with van der Waals surface area (Å²) in [7, 11) is 0. The Balaban J connectivity index is 1.61. The molecule has 0 radical (unpaired) electrons. The fourth-order valence-electron chi connectivity index (χ4n) is 6.35. The lowest BCUT2D eigenvalue weighted by molar-refractivity contribution is 0.100. The predicted molar refractivity (Wildman–Crippen MR) is 142 cm³/mol. The number of nitrogens with zero attached hydrogens (tertiary/aromatic N) is 4. The molecular weight excluding hydrogens is 470 g/mol. The van der Waals surface area contributed by atoms with E-state index in [-0.39, 0.29) is 23.6 Å². The molecule has 0 saturated heterocycles. The van der Waals surface area contributed by atoms with Crippen molar-refractivity contribution in [2.45, 2.75) is 109 Å². The number of nitrogens with one attached hydrogen (secondary N) is 3. The lowest BCUT2D eigenvalue weighted by atomic mass is 9.80. The summed E-state index contributed by atoms with van der Waals surface area (Å²) >= 11 is 0. The molecule has 10 heteroatoms. The van der Waals surface area contributed by atoms with Crippen LogP contribution in [-0.4, -0.2) is 53.8 Å². The maximum atomic E-state index is 11.2. The number of carboxylic acid groups (broad SMARTS) is 1. The Hall–Kier alpha value is -2.75. The van der Waals surface area contributed by atoms with Crippen molar-refractivity contribution < 1.29 is 15.0 Å². The quantitative estimate of drug-likeness (QED) is 0.263. The van der Waals surface area contributed by atoms with Crippen LogP contribution in [0.1, 0.15) is 102 Å². The topological polar surface area (TPSA) is 149 Å². The molecule has 2 heterocycles. The van der Waals surface area contributed by atoms with Crippen molar-refractivity contribution >= 4 is 28.9 Å². The summed E-state index contributed by atoms with van der Waals surface area (Å²) < 4.78 is 2.25. The van der Waals surface area contributed by atoms with Crippen LogP contribution in [0.4, 0.5) is 10.6 Å². The summed E-state index contributed by atoms with van der Waals surface area (Å²) in [4.78, 5) is 25.4. The third kappa shape index (κ3) is 5.58. The molecule has 0 spiro atoms. The number of anilines is 1. The van der Waals surface area contributed by atoms with Crippen LogP contribution in [0, 0.1) is 23.2 Å². The predicted octanol–water partition coefficient (Wildman–Crippen LogP) is 4.86. The standard InChI is InChI=1S/C27H41N7O3/c1-15-10-12-17(13-11-15)14-34-21-23(29-16(2)18-6-5-7-18)31-25(22(28)30-27(36)37)32-24(21)33-26(34)19-8-3-4-9-20(19)35/h15-20,35H,3-14H2,1-2H3,(H2,28,30)(H,36,37)(H,29,31,32)/t15-,16-,17-,19?,20?/m1/s1. The molecule has 0 bridgehead atoms. The van der Waals surface area contributed by atoms with E-state index in [0.29, 0.717) is 23.3 Å². The Morgan fingerprint density at radius 3 is 2.43 bits per heavy atom. The Labute approximate surface area is 218 Å². The summed E-state index contributed by atoms with van der Waals surface area (Å²) in [5.41, 5.74) is 1.27. The van der Waals surface area contributed by atoms with Crippen molar-refractivity contribution in [1.82, 2.24) is 24.8 Å². The number of amides is 1. The van der Waals surface area contributed by atoms with Gasteiger partial charge in [-0.15, -0.1) is 0 Å². The highest BCUT2D eigenvalue weighted by molar-refractivity contribution is 6.03. The number of rotatable bonds is 7. The molecular formula is C27H41N7O3. The smallest absolute Gasteiger partial charge is 0.410 e. The maximum Gasteiger partial charge on any atom is 0.410 e. The second kappa shape index (κ2) is 10.9. The van der Waals surface area contributed by atoms with Crippen molar-refractivity contribution in [3.63, 3.8) is 0 Å².